The summed E-state index contributed by atoms with van der Waals surface area (Å²) >= 11 is 0. The Morgan fingerprint density at radius 2 is 2.19 bits per heavy atom. The first-order chi connectivity index (χ1) is 10.1. The van der Waals surface area contributed by atoms with Crippen LogP contribution in [0.25, 0.3) is 10.8 Å². The number of hydrogen-bond acceptors (Lipinski definition) is 7. The van der Waals surface area contributed by atoms with Gasteiger partial charge in [-0.05, 0) is 19.1 Å². The van der Waals surface area contributed by atoms with Crippen molar-refractivity contribution in [3.63, 3.8) is 0 Å². The van der Waals surface area contributed by atoms with E-state index in [1.165, 1.54) is 12.3 Å². The molecule has 0 aliphatic rings. The van der Waals surface area contributed by atoms with E-state index in [9.17, 15) is 10.1 Å². The number of anilines is 1. The van der Waals surface area contributed by atoms with Gasteiger partial charge in [0.1, 0.15) is 0 Å². The molecule has 3 aromatic rings. The summed E-state index contributed by atoms with van der Waals surface area (Å²) in [5, 5.41) is 19.1. The number of benzene rings is 1. The normalized spacial score (nSPS) is 10.7. The average molecular weight is 285 g/mol. The van der Waals surface area contributed by atoms with Gasteiger partial charge < -0.3 is 9.84 Å². The van der Waals surface area contributed by atoms with Crippen LogP contribution >= 0.6 is 0 Å². The molecule has 0 bridgehead atoms. The fraction of sp³-hybridized carbons (Fsp3) is 0.154. The lowest BCUT2D eigenvalue weighted by atomic mass is 10.1. The first kappa shape index (κ1) is 13.0. The molecule has 0 aliphatic heterocycles. The molecule has 0 spiro atoms. The number of nitro benzene ring substituents is 1. The Morgan fingerprint density at radius 1 is 1.33 bits per heavy atom. The minimum atomic E-state index is -0.409. The number of pyridine rings is 1. The van der Waals surface area contributed by atoms with Crippen LogP contribution in [-0.2, 0) is 6.54 Å². The van der Waals surface area contributed by atoms with Crippen molar-refractivity contribution in [3.05, 3.63) is 52.4 Å². The summed E-state index contributed by atoms with van der Waals surface area (Å²) in [6.07, 6.45) is 3.12. The van der Waals surface area contributed by atoms with Gasteiger partial charge in [-0.2, -0.15) is 4.98 Å². The van der Waals surface area contributed by atoms with E-state index in [1.54, 1.807) is 25.3 Å². The van der Waals surface area contributed by atoms with Gasteiger partial charge in [0.15, 0.2) is 5.82 Å². The molecular formula is C13H11N5O3. The number of fused-ring (bicyclic) bond motifs is 1. The standard InChI is InChI=1S/C13H11N5O3/c1-8-16-13(21-17-8)7-15-11-2-3-12(18(19)20)9-4-5-14-6-10(9)11/h2-6,15H,7H2,1H3. The van der Waals surface area contributed by atoms with Crippen LogP contribution in [0.4, 0.5) is 11.4 Å². The Morgan fingerprint density at radius 3 is 2.90 bits per heavy atom. The number of aryl methyl sites for hydroxylation is 1. The van der Waals surface area contributed by atoms with Gasteiger partial charge >= 0.3 is 0 Å². The van der Waals surface area contributed by atoms with E-state index < -0.39 is 4.92 Å². The zero-order valence-corrected chi connectivity index (χ0v) is 11.1. The Labute approximate surface area is 119 Å². The molecule has 0 atom stereocenters. The summed E-state index contributed by atoms with van der Waals surface area (Å²) in [5.41, 5.74) is 0.770. The third-order valence-electron chi connectivity index (χ3n) is 2.99. The van der Waals surface area contributed by atoms with Gasteiger partial charge in [0.2, 0.25) is 5.89 Å². The minimum Gasteiger partial charge on any atom is -0.376 e. The third-order valence-corrected chi connectivity index (χ3v) is 2.99. The van der Waals surface area contributed by atoms with Crippen LogP contribution < -0.4 is 5.32 Å². The summed E-state index contributed by atoms with van der Waals surface area (Å²) in [4.78, 5) is 18.7. The van der Waals surface area contributed by atoms with Crippen LogP contribution in [0.5, 0.6) is 0 Å². The van der Waals surface area contributed by atoms with Crippen LogP contribution in [0.1, 0.15) is 11.7 Å². The highest BCUT2D eigenvalue weighted by atomic mass is 16.6. The number of hydrogen-bond donors (Lipinski definition) is 1. The van der Waals surface area contributed by atoms with E-state index in [1.807, 2.05) is 0 Å². The van der Waals surface area contributed by atoms with Crippen LogP contribution in [0, 0.1) is 17.0 Å². The molecule has 2 aromatic heterocycles. The van der Waals surface area contributed by atoms with Crippen LogP contribution in [-0.4, -0.2) is 20.0 Å². The fourth-order valence-electron chi connectivity index (χ4n) is 2.07. The molecule has 8 nitrogen and oxygen atoms in total. The third kappa shape index (κ3) is 2.50. The SMILES string of the molecule is Cc1noc(CNc2ccc([N+](=O)[O-])c3ccncc23)n1. The highest BCUT2D eigenvalue weighted by Gasteiger charge is 2.14. The number of nitrogens with zero attached hydrogens (tertiary/aromatic N) is 4. The van der Waals surface area contributed by atoms with Crippen molar-refractivity contribution in [1.82, 2.24) is 15.1 Å². The Kier molecular flexibility index (Phi) is 3.19. The molecule has 1 N–H and O–H groups in total. The van der Waals surface area contributed by atoms with Gasteiger partial charge in [0, 0.05) is 29.5 Å². The van der Waals surface area contributed by atoms with E-state index >= 15 is 0 Å². The summed E-state index contributed by atoms with van der Waals surface area (Å²) in [5.74, 6) is 1.00. The van der Waals surface area contributed by atoms with E-state index in [-0.39, 0.29) is 5.69 Å². The largest absolute Gasteiger partial charge is 0.376 e. The summed E-state index contributed by atoms with van der Waals surface area (Å²) in [6.45, 7) is 2.07. The van der Waals surface area contributed by atoms with Crippen molar-refractivity contribution in [3.8, 4) is 0 Å². The quantitative estimate of drug-likeness (QED) is 0.579. The van der Waals surface area contributed by atoms with Gasteiger partial charge in [0.25, 0.3) is 5.69 Å². The monoisotopic (exact) mass is 285 g/mol. The number of nitrogens with one attached hydrogen (secondary N) is 1. The highest BCUT2D eigenvalue weighted by Crippen LogP contribution is 2.30. The molecule has 0 amide bonds. The van der Waals surface area contributed by atoms with Gasteiger partial charge in [-0.25, -0.2) is 0 Å². The maximum Gasteiger partial charge on any atom is 0.277 e. The van der Waals surface area contributed by atoms with E-state index in [0.717, 1.165) is 5.69 Å². The molecule has 21 heavy (non-hydrogen) atoms. The first-order valence-corrected chi connectivity index (χ1v) is 6.19. The number of nitro groups is 1. The summed E-state index contributed by atoms with van der Waals surface area (Å²) in [7, 11) is 0. The molecule has 8 heteroatoms. The van der Waals surface area contributed by atoms with Crippen molar-refractivity contribution in [2.24, 2.45) is 0 Å². The number of rotatable bonds is 4. The average Bonchev–Trinajstić information content (AvgIpc) is 2.90. The maximum atomic E-state index is 11.0. The Hall–Kier alpha value is -3.03. The molecule has 106 valence electrons. The predicted octanol–water partition coefficient (Wildman–Crippen LogP) is 2.45. The second kappa shape index (κ2) is 5.16. The molecule has 2 heterocycles. The van der Waals surface area contributed by atoms with E-state index in [4.69, 9.17) is 4.52 Å². The van der Waals surface area contributed by atoms with Gasteiger partial charge in [-0.3, -0.25) is 15.1 Å². The van der Waals surface area contributed by atoms with Crippen LogP contribution in [0.2, 0.25) is 0 Å². The highest BCUT2D eigenvalue weighted by molar-refractivity contribution is 5.99. The van der Waals surface area contributed by atoms with Crippen molar-refractivity contribution in [1.29, 1.82) is 0 Å². The van der Waals surface area contributed by atoms with Gasteiger partial charge in [0.05, 0.1) is 16.9 Å². The molecule has 0 radical (unpaired) electrons. The predicted molar refractivity (Wildman–Crippen MR) is 74.8 cm³/mol. The minimum absolute atomic E-state index is 0.0478. The van der Waals surface area contributed by atoms with E-state index in [0.29, 0.717) is 29.0 Å². The fourth-order valence-corrected chi connectivity index (χ4v) is 2.07. The van der Waals surface area contributed by atoms with Crippen LogP contribution in [0.3, 0.4) is 0 Å². The lowest BCUT2D eigenvalue weighted by Gasteiger charge is -2.07. The summed E-state index contributed by atoms with van der Waals surface area (Å²) in [6, 6.07) is 4.73. The molecule has 0 aliphatic carbocycles. The summed E-state index contributed by atoms with van der Waals surface area (Å²) < 4.78 is 5.01. The Balaban J connectivity index is 1.96. The van der Waals surface area contributed by atoms with Gasteiger partial charge in [-0.15, -0.1) is 0 Å². The number of aromatic nitrogens is 3. The molecular weight excluding hydrogens is 274 g/mol. The molecule has 1 aromatic carbocycles. The van der Waals surface area contributed by atoms with Crippen molar-refractivity contribution >= 4 is 22.1 Å². The molecule has 0 unspecified atom stereocenters. The molecule has 0 saturated carbocycles. The Bertz CT molecular complexity index is 814. The molecule has 0 saturated heterocycles. The molecule has 3 rings (SSSR count). The first-order valence-electron chi connectivity index (χ1n) is 6.19. The van der Waals surface area contributed by atoms with Gasteiger partial charge in [-0.1, -0.05) is 5.16 Å². The number of non-ortho nitro benzene ring substituents is 1. The zero-order chi connectivity index (χ0) is 14.8. The lowest BCUT2D eigenvalue weighted by molar-refractivity contribution is -0.383. The smallest absolute Gasteiger partial charge is 0.277 e. The topological polar surface area (TPSA) is 107 Å². The van der Waals surface area contributed by atoms with Crippen molar-refractivity contribution in [2.75, 3.05) is 5.32 Å². The lowest BCUT2D eigenvalue weighted by Crippen LogP contribution is -2.01. The van der Waals surface area contributed by atoms with Crippen molar-refractivity contribution < 1.29 is 9.45 Å². The van der Waals surface area contributed by atoms with Crippen LogP contribution in [0.15, 0.2) is 35.1 Å². The van der Waals surface area contributed by atoms with Crippen molar-refractivity contribution in [2.45, 2.75) is 13.5 Å². The zero-order valence-electron chi connectivity index (χ0n) is 11.1. The van der Waals surface area contributed by atoms with E-state index in [2.05, 4.69) is 20.4 Å². The second-order valence-corrected chi connectivity index (χ2v) is 4.40. The maximum absolute atomic E-state index is 11.0. The second-order valence-electron chi connectivity index (χ2n) is 4.40. The molecule has 0 fully saturated rings.